The summed E-state index contributed by atoms with van der Waals surface area (Å²) in [5.41, 5.74) is -0.267. The fourth-order valence-corrected chi connectivity index (χ4v) is 6.47. The molecule has 1 aromatic rings. The molecule has 1 aliphatic heterocycles. The van der Waals surface area contributed by atoms with Gasteiger partial charge in [-0.2, -0.15) is 0 Å². The normalized spacial score (nSPS) is 22.7. The quantitative estimate of drug-likeness (QED) is 0.683. The number of rotatable bonds is 7. The van der Waals surface area contributed by atoms with E-state index in [4.69, 9.17) is 0 Å². The number of aromatic nitrogens is 3. The summed E-state index contributed by atoms with van der Waals surface area (Å²) in [5, 5.41) is 6.94. The second-order valence-corrected chi connectivity index (χ2v) is 10.2. The van der Waals surface area contributed by atoms with Crippen LogP contribution in [0.4, 0.5) is 0 Å². The summed E-state index contributed by atoms with van der Waals surface area (Å²) in [7, 11) is -3.04. The highest BCUT2D eigenvalue weighted by atomic mass is 32.2. The van der Waals surface area contributed by atoms with E-state index in [-0.39, 0.29) is 40.9 Å². The topological polar surface area (TPSA) is 105 Å². The lowest BCUT2D eigenvalue weighted by Gasteiger charge is -2.34. The van der Waals surface area contributed by atoms with Gasteiger partial charge in [-0.15, -0.1) is 5.10 Å². The van der Waals surface area contributed by atoms with Gasteiger partial charge in [0.2, 0.25) is 5.91 Å². The van der Waals surface area contributed by atoms with Gasteiger partial charge < -0.3 is 4.90 Å². The minimum atomic E-state index is -3.04. The molecular weight excluding hydrogens is 376 g/mol. The van der Waals surface area contributed by atoms with Crippen molar-refractivity contribution >= 4 is 27.5 Å². The van der Waals surface area contributed by atoms with Crippen molar-refractivity contribution in [2.75, 3.05) is 17.3 Å². The van der Waals surface area contributed by atoms with Gasteiger partial charge in [-0.25, -0.2) is 18.3 Å². The molecule has 0 unspecified atom stereocenters. The van der Waals surface area contributed by atoms with Crippen LogP contribution < -0.4 is 5.69 Å². The van der Waals surface area contributed by atoms with Crippen molar-refractivity contribution in [1.82, 2.24) is 19.7 Å². The zero-order valence-electron chi connectivity index (χ0n) is 15.0. The van der Waals surface area contributed by atoms with Crippen LogP contribution in [0.25, 0.3) is 0 Å². The minimum Gasteiger partial charge on any atom is -0.335 e. The third kappa shape index (κ3) is 4.33. The van der Waals surface area contributed by atoms with Crippen LogP contribution in [-0.4, -0.2) is 63.3 Å². The SMILES string of the molecule is CCCn1c(SCC(=O)N(C2CCCC2)[C@H]2CCS(=O)(=O)C2)n[nH]c1=O. The molecule has 0 spiro atoms. The van der Waals surface area contributed by atoms with E-state index in [1.54, 1.807) is 0 Å². The molecule has 1 aliphatic carbocycles. The molecule has 1 saturated heterocycles. The fraction of sp³-hybridized carbons (Fsp3) is 0.812. The summed E-state index contributed by atoms with van der Waals surface area (Å²) < 4.78 is 25.3. The highest BCUT2D eigenvalue weighted by molar-refractivity contribution is 7.99. The number of nitrogens with zero attached hydrogens (tertiary/aromatic N) is 3. The number of carbonyl (C=O) groups excluding carboxylic acids is 1. The van der Waals surface area contributed by atoms with Crippen LogP contribution >= 0.6 is 11.8 Å². The Labute approximate surface area is 157 Å². The van der Waals surface area contributed by atoms with Crippen LogP contribution in [0.15, 0.2) is 9.95 Å². The van der Waals surface area contributed by atoms with Gasteiger partial charge in [-0.05, 0) is 25.7 Å². The van der Waals surface area contributed by atoms with Crippen LogP contribution in [0.1, 0.15) is 45.4 Å². The molecule has 8 nitrogen and oxygen atoms in total. The predicted molar refractivity (Wildman–Crippen MR) is 100 cm³/mol. The summed E-state index contributed by atoms with van der Waals surface area (Å²) in [6.45, 7) is 2.53. The number of hydrogen-bond acceptors (Lipinski definition) is 6. The van der Waals surface area contributed by atoms with E-state index in [9.17, 15) is 18.0 Å². The van der Waals surface area contributed by atoms with Gasteiger partial charge in [0.25, 0.3) is 0 Å². The third-order valence-corrected chi connectivity index (χ3v) is 7.81. The van der Waals surface area contributed by atoms with Crippen molar-refractivity contribution in [3.05, 3.63) is 10.5 Å². The van der Waals surface area contributed by atoms with Gasteiger partial charge in [-0.1, -0.05) is 31.5 Å². The second kappa shape index (κ2) is 8.16. The molecule has 2 fully saturated rings. The maximum Gasteiger partial charge on any atom is 0.343 e. The molecule has 0 aromatic carbocycles. The van der Waals surface area contributed by atoms with Gasteiger partial charge in [0.05, 0.1) is 17.3 Å². The Balaban J connectivity index is 1.71. The number of nitrogens with one attached hydrogen (secondary N) is 1. The van der Waals surface area contributed by atoms with E-state index < -0.39 is 9.84 Å². The van der Waals surface area contributed by atoms with E-state index >= 15 is 0 Å². The molecule has 1 N–H and O–H groups in total. The smallest absolute Gasteiger partial charge is 0.335 e. The summed E-state index contributed by atoms with van der Waals surface area (Å²) in [4.78, 5) is 26.6. The molecule has 0 radical (unpaired) electrons. The monoisotopic (exact) mass is 402 g/mol. The molecule has 1 saturated carbocycles. The van der Waals surface area contributed by atoms with Gasteiger partial charge >= 0.3 is 5.69 Å². The van der Waals surface area contributed by atoms with Crippen molar-refractivity contribution in [1.29, 1.82) is 0 Å². The first kappa shape index (κ1) is 19.5. The Bertz CT molecular complexity index is 795. The average molecular weight is 403 g/mol. The second-order valence-electron chi connectivity index (χ2n) is 7.05. The number of amides is 1. The van der Waals surface area contributed by atoms with Crippen LogP contribution in [0.5, 0.6) is 0 Å². The first-order valence-corrected chi connectivity index (χ1v) is 12.0. The fourth-order valence-electron chi connectivity index (χ4n) is 3.92. The Morgan fingerprint density at radius 1 is 1.31 bits per heavy atom. The van der Waals surface area contributed by atoms with Crippen molar-refractivity contribution in [2.45, 2.75) is 69.2 Å². The number of aromatic amines is 1. The van der Waals surface area contributed by atoms with E-state index in [1.807, 2.05) is 11.8 Å². The van der Waals surface area contributed by atoms with E-state index in [0.717, 1.165) is 32.1 Å². The lowest BCUT2D eigenvalue weighted by Crippen LogP contribution is -2.47. The predicted octanol–water partition coefficient (Wildman–Crippen LogP) is 1.03. The van der Waals surface area contributed by atoms with Gasteiger partial charge in [0.1, 0.15) is 0 Å². The van der Waals surface area contributed by atoms with Crippen molar-refractivity contribution < 1.29 is 13.2 Å². The van der Waals surface area contributed by atoms with Gasteiger partial charge in [-0.3, -0.25) is 9.36 Å². The van der Waals surface area contributed by atoms with E-state index in [0.29, 0.717) is 18.1 Å². The molecule has 2 aliphatic rings. The zero-order chi connectivity index (χ0) is 18.7. The van der Waals surface area contributed by atoms with Crippen molar-refractivity contribution in [2.24, 2.45) is 0 Å². The zero-order valence-corrected chi connectivity index (χ0v) is 16.6. The standard InChI is InChI=1S/C16H26N4O4S2/c1-2-8-19-15(22)17-18-16(19)25-10-14(21)20(12-5-3-4-6-12)13-7-9-26(23,24)11-13/h12-13H,2-11H2,1H3,(H,17,22)/t13-/m0/s1. The number of carbonyl (C=O) groups is 1. The average Bonchev–Trinajstić information content (AvgIpc) is 3.30. The molecular formula is C16H26N4O4S2. The molecule has 3 rings (SSSR count). The Hall–Kier alpha value is -1.29. The lowest BCUT2D eigenvalue weighted by molar-refractivity contribution is -0.132. The van der Waals surface area contributed by atoms with Crippen LogP contribution in [0.2, 0.25) is 0 Å². The molecule has 2 heterocycles. The number of thioether (sulfide) groups is 1. The molecule has 10 heteroatoms. The number of sulfone groups is 1. The van der Waals surface area contributed by atoms with Crippen LogP contribution in [0, 0.1) is 0 Å². The van der Waals surface area contributed by atoms with E-state index in [1.165, 1.54) is 16.3 Å². The van der Waals surface area contributed by atoms with Gasteiger partial charge in [0, 0.05) is 18.6 Å². The van der Waals surface area contributed by atoms with Crippen LogP contribution in [-0.2, 0) is 21.2 Å². The maximum atomic E-state index is 13.0. The minimum absolute atomic E-state index is 0.0532. The first-order valence-electron chi connectivity index (χ1n) is 9.21. The van der Waals surface area contributed by atoms with Crippen molar-refractivity contribution in [3.63, 3.8) is 0 Å². The molecule has 146 valence electrons. The number of hydrogen-bond donors (Lipinski definition) is 1. The third-order valence-electron chi connectivity index (χ3n) is 5.10. The molecule has 1 amide bonds. The first-order chi connectivity index (χ1) is 12.4. The summed E-state index contributed by atoms with van der Waals surface area (Å²) in [6.07, 6.45) is 5.37. The summed E-state index contributed by atoms with van der Waals surface area (Å²) in [5.74, 6) is 0.350. The highest BCUT2D eigenvalue weighted by Gasteiger charge is 2.38. The highest BCUT2D eigenvalue weighted by Crippen LogP contribution is 2.30. The Morgan fingerprint density at radius 2 is 2.04 bits per heavy atom. The molecule has 0 bridgehead atoms. The number of H-pyrrole nitrogens is 1. The summed E-state index contributed by atoms with van der Waals surface area (Å²) in [6, 6.07) is -0.0772. The van der Waals surface area contributed by atoms with E-state index in [2.05, 4.69) is 10.2 Å². The largest absolute Gasteiger partial charge is 0.343 e. The molecule has 1 aromatic heterocycles. The lowest BCUT2D eigenvalue weighted by atomic mass is 10.1. The van der Waals surface area contributed by atoms with Gasteiger partial charge in [0.15, 0.2) is 15.0 Å². The maximum absolute atomic E-state index is 13.0. The Morgan fingerprint density at radius 3 is 2.65 bits per heavy atom. The summed E-state index contributed by atoms with van der Waals surface area (Å²) >= 11 is 1.24. The molecule has 1 atom stereocenters. The molecule has 26 heavy (non-hydrogen) atoms. The Kier molecular flexibility index (Phi) is 6.11. The van der Waals surface area contributed by atoms with Crippen molar-refractivity contribution in [3.8, 4) is 0 Å². The van der Waals surface area contributed by atoms with Crippen LogP contribution in [0.3, 0.4) is 0 Å².